The summed E-state index contributed by atoms with van der Waals surface area (Å²) < 4.78 is 21.3. The third-order valence-corrected chi connectivity index (χ3v) is 2.59. The molecule has 116 valence electrons. The molecule has 0 unspecified atom stereocenters. The molecule has 0 bridgehead atoms. The molecule has 6 nitrogen and oxygen atoms in total. The molecule has 1 rings (SSSR count). The monoisotopic (exact) mass is 288 g/mol. The Labute approximate surface area is 119 Å². The maximum Gasteiger partial charge on any atom is 0.308 e. The average molecular weight is 288 g/mol. The van der Waals surface area contributed by atoms with E-state index < -0.39 is 11.4 Å². The summed E-state index contributed by atoms with van der Waals surface area (Å²) in [6.45, 7) is 9.53. The molecule has 0 saturated carbocycles. The maximum atomic E-state index is 11.8. The van der Waals surface area contributed by atoms with Gasteiger partial charge in [0.2, 0.25) is 0 Å². The minimum Gasteiger partial charge on any atom is -0.465 e. The van der Waals surface area contributed by atoms with E-state index in [1.807, 2.05) is 20.8 Å². The predicted molar refractivity (Wildman–Crippen MR) is 70.9 cm³/mol. The molecule has 1 saturated heterocycles. The highest BCUT2D eigenvalue weighted by Gasteiger charge is 2.37. The smallest absolute Gasteiger partial charge is 0.308 e. The fourth-order valence-corrected chi connectivity index (χ4v) is 2.16. The Hall–Kier alpha value is -1.14. The van der Waals surface area contributed by atoms with E-state index in [9.17, 15) is 9.59 Å². The van der Waals surface area contributed by atoms with Crippen LogP contribution < -0.4 is 0 Å². The Morgan fingerprint density at radius 1 is 1.30 bits per heavy atom. The Morgan fingerprint density at radius 2 is 1.90 bits per heavy atom. The van der Waals surface area contributed by atoms with Crippen LogP contribution in [0.1, 0.15) is 47.5 Å². The number of rotatable bonds is 5. The first-order valence-corrected chi connectivity index (χ1v) is 6.74. The number of hydrogen-bond acceptors (Lipinski definition) is 6. The molecule has 0 N–H and O–H groups in total. The highest BCUT2D eigenvalue weighted by molar-refractivity contribution is 5.70. The minimum absolute atomic E-state index is 0.154. The van der Waals surface area contributed by atoms with Crippen LogP contribution in [0.15, 0.2) is 0 Å². The van der Waals surface area contributed by atoms with Crippen LogP contribution in [-0.4, -0.2) is 42.6 Å². The molecule has 1 aliphatic rings. The Morgan fingerprint density at radius 3 is 2.45 bits per heavy atom. The number of carbonyl (C=O) groups is 2. The first kappa shape index (κ1) is 16.9. The van der Waals surface area contributed by atoms with E-state index >= 15 is 0 Å². The van der Waals surface area contributed by atoms with Crippen LogP contribution in [0.2, 0.25) is 0 Å². The van der Waals surface area contributed by atoms with Crippen LogP contribution in [0, 0.1) is 0 Å². The number of hydrogen-bond donors (Lipinski definition) is 0. The zero-order valence-electron chi connectivity index (χ0n) is 12.8. The number of ether oxygens (including phenoxy) is 4. The van der Waals surface area contributed by atoms with Gasteiger partial charge in [0, 0.05) is 6.42 Å². The van der Waals surface area contributed by atoms with Crippen molar-refractivity contribution in [2.75, 3.05) is 6.61 Å². The van der Waals surface area contributed by atoms with Crippen LogP contribution in [0.4, 0.5) is 0 Å². The van der Waals surface area contributed by atoms with Crippen LogP contribution in [0.5, 0.6) is 0 Å². The fourth-order valence-electron chi connectivity index (χ4n) is 2.16. The van der Waals surface area contributed by atoms with Crippen molar-refractivity contribution in [2.45, 2.75) is 71.1 Å². The van der Waals surface area contributed by atoms with Gasteiger partial charge in [0.25, 0.3) is 6.47 Å². The largest absolute Gasteiger partial charge is 0.465 e. The summed E-state index contributed by atoms with van der Waals surface area (Å²) in [5, 5.41) is 0. The molecule has 1 fully saturated rings. The van der Waals surface area contributed by atoms with Gasteiger partial charge in [-0.2, -0.15) is 0 Å². The van der Waals surface area contributed by atoms with Gasteiger partial charge in [0.1, 0.15) is 12.2 Å². The molecule has 6 heteroatoms. The van der Waals surface area contributed by atoms with Gasteiger partial charge in [0.15, 0.2) is 5.79 Å². The Balaban J connectivity index is 2.55. The molecule has 0 aromatic heterocycles. The van der Waals surface area contributed by atoms with Crippen molar-refractivity contribution in [1.29, 1.82) is 0 Å². The van der Waals surface area contributed by atoms with Gasteiger partial charge in [-0.15, -0.1) is 0 Å². The first-order valence-electron chi connectivity index (χ1n) is 6.74. The topological polar surface area (TPSA) is 71.1 Å². The van der Waals surface area contributed by atoms with Crippen molar-refractivity contribution in [2.24, 2.45) is 0 Å². The molecule has 0 amide bonds. The quantitative estimate of drug-likeness (QED) is 0.567. The van der Waals surface area contributed by atoms with Crippen molar-refractivity contribution in [1.82, 2.24) is 0 Å². The minimum atomic E-state index is -0.818. The standard InChI is InChI=1S/C14H24O6/c1-13(2,3)20-12(16)7-10-6-11(8-17-9-15)19-14(4,5)18-10/h9-11H,6-8H2,1-5H3/t10-,11+/m1/s1. The first-order chi connectivity index (χ1) is 9.11. The molecular weight excluding hydrogens is 264 g/mol. The van der Waals surface area contributed by atoms with Crippen molar-refractivity contribution in [3.05, 3.63) is 0 Å². The van der Waals surface area contributed by atoms with Gasteiger partial charge >= 0.3 is 5.97 Å². The van der Waals surface area contributed by atoms with Gasteiger partial charge < -0.3 is 18.9 Å². The SMILES string of the molecule is CC(C)(C)OC(=O)C[C@H]1C[C@@H](COC=O)OC(C)(C)O1. The molecular formula is C14H24O6. The second-order valence-corrected chi connectivity index (χ2v) is 6.34. The lowest BCUT2D eigenvalue weighted by Gasteiger charge is -2.40. The second kappa shape index (κ2) is 6.54. The molecule has 1 aliphatic heterocycles. The summed E-state index contributed by atoms with van der Waals surface area (Å²) in [5.41, 5.74) is -0.516. The third-order valence-electron chi connectivity index (χ3n) is 2.59. The van der Waals surface area contributed by atoms with Crippen LogP contribution in [-0.2, 0) is 28.5 Å². The van der Waals surface area contributed by atoms with Crippen molar-refractivity contribution < 1.29 is 28.5 Å². The Kier molecular flexibility index (Phi) is 5.53. The fraction of sp³-hybridized carbons (Fsp3) is 0.857. The van der Waals surface area contributed by atoms with Crippen molar-refractivity contribution in [3.63, 3.8) is 0 Å². The van der Waals surface area contributed by atoms with E-state index in [0.717, 1.165) is 0 Å². The van der Waals surface area contributed by atoms with Gasteiger partial charge in [-0.1, -0.05) is 0 Å². The lowest BCUT2D eigenvalue weighted by atomic mass is 10.1. The highest BCUT2D eigenvalue weighted by Crippen LogP contribution is 2.29. The molecule has 2 atom stereocenters. The third kappa shape index (κ3) is 6.34. The number of esters is 1. The lowest BCUT2D eigenvalue weighted by molar-refractivity contribution is -0.304. The van der Waals surface area contributed by atoms with E-state index in [-0.39, 0.29) is 31.2 Å². The summed E-state index contributed by atoms with van der Waals surface area (Å²) >= 11 is 0. The molecule has 0 spiro atoms. The van der Waals surface area contributed by atoms with Gasteiger partial charge in [-0.25, -0.2) is 0 Å². The number of carbonyl (C=O) groups excluding carboxylic acids is 2. The van der Waals surface area contributed by atoms with E-state index in [1.165, 1.54) is 0 Å². The van der Waals surface area contributed by atoms with Crippen molar-refractivity contribution >= 4 is 12.4 Å². The van der Waals surface area contributed by atoms with Gasteiger partial charge in [-0.3, -0.25) is 9.59 Å². The normalized spacial score (nSPS) is 25.9. The average Bonchev–Trinajstić information content (AvgIpc) is 2.21. The molecule has 1 heterocycles. The van der Waals surface area contributed by atoms with Crippen LogP contribution >= 0.6 is 0 Å². The molecule has 0 radical (unpaired) electrons. The highest BCUT2D eigenvalue weighted by atomic mass is 16.7. The van der Waals surface area contributed by atoms with E-state index in [2.05, 4.69) is 0 Å². The van der Waals surface area contributed by atoms with E-state index in [4.69, 9.17) is 18.9 Å². The summed E-state index contributed by atoms with van der Waals surface area (Å²) in [6, 6.07) is 0. The zero-order chi connectivity index (χ0) is 15.4. The summed E-state index contributed by atoms with van der Waals surface area (Å²) in [5.74, 6) is -1.13. The Bertz CT molecular complexity index is 344. The van der Waals surface area contributed by atoms with E-state index in [1.54, 1.807) is 13.8 Å². The van der Waals surface area contributed by atoms with Crippen molar-refractivity contribution in [3.8, 4) is 0 Å². The molecule has 20 heavy (non-hydrogen) atoms. The summed E-state index contributed by atoms with van der Waals surface area (Å²) in [7, 11) is 0. The maximum absolute atomic E-state index is 11.8. The van der Waals surface area contributed by atoms with Gasteiger partial charge in [-0.05, 0) is 34.6 Å². The second-order valence-electron chi connectivity index (χ2n) is 6.34. The molecule has 0 aromatic rings. The summed E-state index contributed by atoms with van der Waals surface area (Å²) in [4.78, 5) is 22.1. The molecule has 0 aliphatic carbocycles. The predicted octanol–water partition coefficient (Wildman–Crippen LogP) is 1.80. The zero-order valence-corrected chi connectivity index (χ0v) is 12.8. The van der Waals surface area contributed by atoms with Gasteiger partial charge in [0.05, 0.1) is 18.6 Å². The molecule has 0 aromatic carbocycles. The lowest BCUT2D eigenvalue weighted by Crippen LogP contribution is -2.47. The van der Waals surface area contributed by atoms with Crippen LogP contribution in [0.25, 0.3) is 0 Å². The summed E-state index contributed by atoms with van der Waals surface area (Å²) in [6.07, 6.45) is 0.0447. The van der Waals surface area contributed by atoms with Crippen LogP contribution in [0.3, 0.4) is 0 Å². The van der Waals surface area contributed by atoms with E-state index in [0.29, 0.717) is 12.9 Å².